The van der Waals surface area contributed by atoms with Crippen LogP contribution in [0.1, 0.15) is 46.0 Å². The second-order valence-corrected chi connectivity index (χ2v) is 4.58. The van der Waals surface area contributed by atoms with Gasteiger partial charge in [0.2, 0.25) is 0 Å². The highest BCUT2D eigenvalue weighted by atomic mass is 19.4. The van der Waals surface area contributed by atoms with Gasteiger partial charge in [0.25, 0.3) is 5.92 Å². The average Bonchev–Trinajstić information content (AvgIpc) is 2.23. The number of unbranched alkanes of at least 4 members (excludes halogenated alkanes) is 1. The fraction of sp³-hybridized carbons (Fsp3) is 0.917. The molecule has 0 aliphatic heterocycles. The summed E-state index contributed by atoms with van der Waals surface area (Å²) in [4.78, 5) is 11.2. The first-order chi connectivity index (χ1) is 8.57. The maximum absolute atomic E-state index is 12.9. The number of hydrogen-bond acceptors (Lipinski definition) is 2. The Kier molecular flexibility index (Phi) is 7.29. The zero-order valence-electron chi connectivity index (χ0n) is 11.0. The van der Waals surface area contributed by atoms with Crippen molar-refractivity contribution < 1.29 is 31.5 Å². The van der Waals surface area contributed by atoms with Crippen molar-refractivity contribution in [2.45, 2.75) is 58.1 Å². The molecule has 0 radical (unpaired) electrons. The van der Waals surface area contributed by atoms with Crippen molar-refractivity contribution in [3.05, 3.63) is 0 Å². The molecule has 1 unspecified atom stereocenters. The van der Waals surface area contributed by atoms with Crippen LogP contribution in [-0.4, -0.2) is 24.7 Å². The molecule has 0 fully saturated rings. The molecule has 0 aliphatic rings. The zero-order chi connectivity index (χ0) is 15.1. The highest BCUT2D eigenvalue weighted by Gasteiger charge is 2.42. The van der Waals surface area contributed by atoms with Crippen LogP contribution in [0.15, 0.2) is 0 Å². The number of alkyl halides is 5. The van der Waals surface area contributed by atoms with E-state index in [0.717, 1.165) is 0 Å². The van der Waals surface area contributed by atoms with Gasteiger partial charge in [-0.05, 0) is 19.3 Å². The third-order valence-electron chi connectivity index (χ3n) is 2.66. The van der Waals surface area contributed by atoms with E-state index in [4.69, 9.17) is 4.74 Å². The van der Waals surface area contributed by atoms with E-state index >= 15 is 0 Å². The smallest absolute Gasteiger partial charge is 0.394 e. The van der Waals surface area contributed by atoms with Gasteiger partial charge in [0, 0.05) is 6.42 Å². The Labute approximate surface area is 109 Å². The van der Waals surface area contributed by atoms with Crippen molar-refractivity contribution in [2.24, 2.45) is 5.92 Å². The van der Waals surface area contributed by atoms with Crippen LogP contribution in [0.25, 0.3) is 0 Å². The lowest BCUT2D eigenvalue weighted by Gasteiger charge is -2.17. The molecule has 0 aliphatic carbocycles. The van der Waals surface area contributed by atoms with Crippen LogP contribution in [0, 0.1) is 5.92 Å². The highest BCUT2D eigenvalue weighted by Crippen LogP contribution is 2.34. The number of rotatable bonds is 8. The minimum Gasteiger partial charge on any atom is -0.465 e. The van der Waals surface area contributed by atoms with Gasteiger partial charge in [0.1, 0.15) is 6.42 Å². The maximum Gasteiger partial charge on any atom is 0.394 e. The number of halogens is 5. The molecule has 0 amide bonds. The first-order valence-corrected chi connectivity index (χ1v) is 6.18. The molecule has 0 heterocycles. The molecule has 114 valence electrons. The van der Waals surface area contributed by atoms with Crippen molar-refractivity contribution in [3.63, 3.8) is 0 Å². The molecule has 19 heavy (non-hydrogen) atoms. The topological polar surface area (TPSA) is 26.3 Å². The summed E-state index contributed by atoms with van der Waals surface area (Å²) in [7, 11) is 0. The first kappa shape index (κ1) is 18.1. The van der Waals surface area contributed by atoms with Gasteiger partial charge < -0.3 is 4.74 Å². The Hall–Kier alpha value is -0.880. The molecule has 0 N–H and O–H groups in total. The Morgan fingerprint density at radius 3 is 2.21 bits per heavy atom. The molecular weight excluding hydrogens is 271 g/mol. The van der Waals surface area contributed by atoms with E-state index in [1.807, 2.05) is 6.92 Å². The normalized spacial score (nSPS) is 14.3. The molecule has 0 spiro atoms. The molecule has 0 bridgehead atoms. The van der Waals surface area contributed by atoms with Gasteiger partial charge in [-0.2, -0.15) is 13.2 Å². The molecule has 0 aromatic rings. The minimum absolute atomic E-state index is 0.0364. The Balaban J connectivity index is 3.77. The number of carbonyl (C=O) groups excluding carboxylic acids is 1. The lowest BCUT2D eigenvalue weighted by atomic mass is 10.1. The van der Waals surface area contributed by atoms with Crippen LogP contribution in [0.5, 0.6) is 0 Å². The van der Waals surface area contributed by atoms with Gasteiger partial charge >= 0.3 is 12.1 Å². The van der Waals surface area contributed by atoms with Crippen LogP contribution >= 0.6 is 0 Å². The second-order valence-electron chi connectivity index (χ2n) is 4.58. The van der Waals surface area contributed by atoms with Gasteiger partial charge in [-0.15, -0.1) is 0 Å². The molecule has 2 nitrogen and oxygen atoms in total. The van der Waals surface area contributed by atoms with E-state index in [1.54, 1.807) is 6.92 Å². The first-order valence-electron chi connectivity index (χ1n) is 6.18. The van der Waals surface area contributed by atoms with Gasteiger partial charge in [0.15, 0.2) is 0 Å². The lowest BCUT2D eigenvalue weighted by Crippen LogP contribution is -2.25. The molecule has 0 aromatic heterocycles. The van der Waals surface area contributed by atoms with Crippen molar-refractivity contribution >= 4 is 5.97 Å². The quantitative estimate of drug-likeness (QED) is 0.378. The summed E-state index contributed by atoms with van der Waals surface area (Å²) >= 11 is 0. The van der Waals surface area contributed by atoms with E-state index in [-0.39, 0.29) is 25.4 Å². The van der Waals surface area contributed by atoms with Crippen LogP contribution in [-0.2, 0) is 9.53 Å². The van der Waals surface area contributed by atoms with Gasteiger partial charge in [-0.25, -0.2) is 8.78 Å². The van der Waals surface area contributed by atoms with Gasteiger partial charge in [0.05, 0.1) is 12.5 Å². The van der Waals surface area contributed by atoms with Crippen molar-refractivity contribution in [1.82, 2.24) is 0 Å². The van der Waals surface area contributed by atoms with Crippen molar-refractivity contribution in [2.75, 3.05) is 6.61 Å². The summed E-state index contributed by atoms with van der Waals surface area (Å²) < 4.78 is 66.0. The van der Waals surface area contributed by atoms with E-state index in [0.29, 0.717) is 6.42 Å². The summed E-state index contributed by atoms with van der Waals surface area (Å²) in [6, 6.07) is 0. The van der Waals surface area contributed by atoms with E-state index in [2.05, 4.69) is 0 Å². The number of hydrogen-bond donors (Lipinski definition) is 0. The van der Waals surface area contributed by atoms with E-state index in [1.165, 1.54) is 0 Å². The summed E-state index contributed by atoms with van der Waals surface area (Å²) in [6.45, 7) is 3.45. The Morgan fingerprint density at radius 1 is 1.16 bits per heavy atom. The summed E-state index contributed by atoms with van der Waals surface area (Å²) in [5.74, 6) is -4.42. The van der Waals surface area contributed by atoms with Gasteiger partial charge in [-0.1, -0.05) is 13.8 Å². The number of ether oxygens (including phenoxy) is 1. The SMILES string of the molecule is CCC(C)C(=O)OCCCCC(F)(F)CC(F)(F)F. The minimum atomic E-state index is -4.87. The maximum atomic E-state index is 12.9. The summed E-state index contributed by atoms with van der Waals surface area (Å²) in [5, 5.41) is 0. The fourth-order valence-electron chi connectivity index (χ4n) is 1.35. The highest BCUT2D eigenvalue weighted by molar-refractivity contribution is 5.71. The Bertz CT molecular complexity index is 276. The summed E-state index contributed by atoms with van der Waals surface area (Å²) in [6.07, 6.45) is -7.19. The standard InChI is InChI=1S/C12H19F5O2/c1-3-9(2)10(18)19-7-5-4-6-11(13,14)8-12(15,16)17/h9H,3-8H2,1-2H3. The molecule has 7 heteroatoms. The van der Waals surface area contributed by atoms with Crippen molar-refractivity contribution in [3.8, 4) is 0 Å². The van der Waals surface area contributed by atoms with Crippen LogP contribution in [0.4, 0.5) is 22.0 Å². The predicted octanol–water partition coefficient (Wildman–Crippen LogP) is 4.33. The molecule has 0 rings (SSSR count). The average molecular weight is 290 g/mol. The zero-order valence-corrected chi connectivity index (χ0v) is 11.0. The molecule has 0 saturated heterocycles. The summed E-state index contributed by atoms with van der Waals surface area (Å²) in [5.41, 5.74) is 0. The third kappa shape index (κ3) is 9.67. The largest absolute Gasteiger partial charge is 0.465 e. The molecular formula is C12H19F5O2. The van der Waals surface area contributed by atoms with Crippen LogP contribution in [0.2, 0.25) is 0 Å². The third-order valence-corrected chi connectivity index (χ3v) is 2.66. The molecule has 0 saturated carbocycles. The van der Waals surface area contributed by atoms with Crippen LogP contribution in [0.3, 0.4) is 0 Å². The number of esters is 1. The predicted molar refractivity (Wildman–Crippen MR) is 59.9 cm³/mol. The molecule has 0 aromatic carbocycles. The molecule has 1 atom stereocenters. The van der Waals surface area contributed by atoms with Crippen LogP contribution < -0.4 is 0 Å². The van der Waals surface area contributed by atoms with Crippen molar-refractivity contribution in [1.29, 1.82) is 0 Å². The van der Waals surface area contributed by atoms with E-state index < -0.39 is 30.9 Å². The fourth-order valence-corrected chi connectivity index (χ4v) is 1.35. The number of carbonyl (C=O) groups is 1. The second kappa shape index (κ2) is 7.65. The monoisotopic (exact) mass is 290 g/mol. The lowest BCUT2D eigenvalue weighted by molar-refractivity contribution is -0.189. The Morgan fingerprint density at radius 2 is 1.74 bits per heavy atom. The van der Waals surface area contributed by atoms with Gasteiger partial charge in [-0.3, -0.25) is 4.79 Å². The van der Waals surface area contributed by atoms with E-state index in [9.17, 15) is 26.7 Å².